The molecule has 0 spiro atoms. The molecule has 1 heterocycles. The molecule has 0 N–H and O–H groups in total. The van der Waals surface area contributed by atoms with Crippen LogP contribution in [-0.2, 0) is 0 Å². The molecule has 2 aromatic carbocycles. The molecule has 0 saturated carbocycles. The molecule has 2 heteroatoms. The van der Waals surface area contributed by atoms with Crippen LogP contribution in [0.2, 0.25) is 0 Å². The molecule has 126 valence electrons. The normalized spacial score (nSPS) is 10.6. The summed E-state index contributed by atoms with van der Waals surface area (Å²) in [6.07, 6.45) is 0. The van der Waals surface area contributed by atoms with Crippen LogP contribution in [0.15, 0.2) is 90.4 Å². The highest BCUT2D eigenvalue weighted by atomic mass is 14.8. The van der Waals surface area contributed by atoms with E-state index in [4.69, 9.17) is 0 Å². The van der Waals surface area contributed by atoms with Gasteiger partial charge in [0.1, 0.15) is 0 Å². The first-order valence-corrected chi connectivity index (χ1v) is 8.31. The Bertz CT molecular complexity index is 834. The molecule has 0 radical (unpaired) electrons. The van der Waals surface area contributed by atoms with Gasteiger partial charge in [0.2, 0.25) is 0 Å². The van der Waals surface area contributed by atoms with Crippen LogP contribution in [0.25, 0.3) is 5.57 Å². The molecule has 0 bridgehead atoms. The number of hydrogen-bond acceptors (Lipinski definition) is 2. The number of nitrogens with zero attached hydrogens (tertiary/aromatic N) is 2. The molecule has 3 rings (SSSR count). The summed E-state index contributed by atoms with van der Waals surface area (Å²) in [6, 6.07) is 26.1. The SMILES string of the molecule is C=C(C)c1cccc(C(C)=Nc2ccccc2)n1.Cc1ccccc1. The van der Waals surface area contributed by atoms with Crippen LogP contribution in [0.5, 0.6) is 0 Å². The van der Waals surface area contributed by atoms with Gasteiger partial charge in [0.25, 0.3) is 0 Å². The van der Waals surface area contributed by atoms with Gasteiger partial charge in [-0.1, -0.05) is 66.7 Å². The Morgan fingerprint density at radius 1 is 0.760 bits per heavy atom. The van der Waals surface area contributed by atoms with Crippen molar-refractivity contribution in [2.45, 2.75) is 20.8 Å². The molecule has 0 aliphatic carbocycles. The molecule has 0 aliphatic rings. The minimum Gasteiger partial charge on any atom is -0.252 e. The summed E-state index contributed by atoms with van der Waals surface area (Å²) in [4.78, 5) is 9.09. The molecule has 0 saturated heterocycles. The maximum atomic E-state index is 4.55. The van der Waals surface area contributed by atoms with Gasteiger partial charge >= 0.3 is 0 Å². The fourth-order valence-electron chi connectivity index (χ4n) is 2.16. The lowest BCUT2D eigenvalue weighted by Crippen LogP contribution is -2.00. The van der Waals surface area contributed by atoms with Crippen LogP contribution in [-0.4, -0.2) is 10.7 Å². The Hall–Kier alpha value is -3.00. The summed E-state index contributed by atoms with van der Waals surface area (Å²) >= 11 is 0. The first-order valence-electron chi connectivity index (χ1n) is 8.31. The van der Waals surface area contributed by atoms with E-state index in [1.165, 1.54) is 5.56 Å². The van der Waals surface area contributed by atoms with Gasteiger partial charge in [-0.2, -0.15) is 0 Å². The molecule has 0 unspecified atom stereocenters. The predicted octanol–water partition coefficient (Wildman–Crippen LogP) is 6.25. The van der Waals surface area contributed by atoms with Crippen molar-refractivity contribution in [3.63, 3.8) is 0 Å². The summed E-state index contributed by atoms with van der Waals surface area (Å²) < 4.78 is 0. The van der Waals surface area contributed by atoms with E-state index in [1.807, 2.05) is 80.6 Å². The Morgan fingerprint density at radius 2 is 1.32 bits per heavy atom. The van der Waals surface area contributed by atoms with Crippen molar-refractivity contribution in [3.05, 3.63) is 102 Å². The van der Waals surface area contributed by atoms with Gasteiger partial charge in [-0.3, -0.25) is 4.99 Å². The fourth-order valence-corrected chi connectivity index (χ4v) is 2.16. The Kier molecular flexibility index (Phi) is 6.85. The lowest BCUT2D eigenvalue weighted by atomic mass is 10.2. The fraction of sp³-hybridized carbons (Fsp3) is 0.130. The van der Waals surface area contributed by atoms with Crippen LogP contribution in [0.1, 0.15) is 30.8 Å². The average molecular weight is 328 g/mol. The minimum atomic E-state index is 0.888. The molecule has 3 aromatic rings. The van der Waals surface area contributed by atoms with Gasteiger partial charge in [-0.05, 0) is 50.6 Å². The Labute approximate surface area is 150 Å². The van der Waals surface area contributed by atoms with Crippen molar-refractivity contribution in [1.82, 2.24) is 4.98 Å². The molecular formula is C23H24N2. The zero-order valence-corrected chi connectivity index (χ0v) is 15.1. The molecule has 2 nitrogen and oxygen atoms in total. The number of aryl methyl sites for hydroxylation is 1. The lowest BCUT2D eigenvalue weighted by molar-refractivity contribution is 1.23. The van der Waals surface area contributed by atoms with E-state index in [1.54, 1.807) is 0 Å². The summed E-state index contributed by atoms with van der Waals surface area (Å²) in [7, 11) is 0. The summed E-state index contributed by atoms with van der Waals surface area (Å²) in [6.45, 7) is 9.91. The number of pyridine rings is 1. The summed E-state index contributed by atoms with van der Waals surface area (Å²) in [5.41, 5.74) is 5.93. The van der Waals surface area contributed by atoms with E-state index in [0.717, 1.165) is 28.4 Å². The standard InChI is InChI=1S/C16H16N2.C7H8/c1-12(2)15-10-7-11-16(18-15)13(3)17-14-8-5-4-6-9-14;1-7-5-3-2-4-6-7/h4-11H,1H2,2-3H3;2-6H,1H3. The second kappa shape index (κ2) is 9.33. The second-order valence-corrected chi connectivity index (χ2v) is 5.88. The molecule has 25 heavy (non-hydrogen) atoms. The van der Waals surface area contributed by atoms with Crippen LogP contribution in [0.4, 0.5) is 5.69 Å². The van der Waals surface area contributed by atoms with Gasteiger partial charge in [0, 0.05) is 0 Å². The highest BCUT2D eigenvalue weighted by molar-refractivity contribution is 5.98. The zero-order chi connectivity index (χ0) is 18.1. The maximum Gasteiger partial charge on any atom is 0.0849 e. The Balaban J connectivity index is 0.000000269. The Morgan fingerprint density at radius 3 is 1.84 bits per heavy atom. The van der Waals surface area contributed by atoms with Crippen LogP contribution in [0, 0.1) is 6.92 Å². The van der Waals surface area contributed by atoms with E-state index in [0.29, 0.717) is 0 Å². The van der Waals surface area contributed by atoms with Crippen LogP contribution in [0.3, 0.4) is 0 Å². The molecule has 0 fully saturated rings. The summed E-state index contributed by atoms with van der Waals surface area (Å²) in [5.74, 6) is 0. The van der Waals surface area contributed by atoms with Crippen molar-refractivity contribution < 1.29 is 0 Å². The third-order valence-corrected chi connectivity index (χ3v) is 3.55. The number of rotatable bonds is 3. The first kappa shape index (κ1) is 18.3. The first-order chi connectivity index (χ1) is 12.1. The number of aromatic nitrogens is 1. The maximum absolute atomic E-state index is 4.55. The highest BCUT2D eigenvalue weighted by Crippen LogP contribution is 2.14. The molecule has 0 aliphatic heterocycles. The van der Waals surface area contributed by atoms with Crippen molar-refractivity contribution in [1.29, 1.82) is 0 Å². The van der Waals surface area contributed by atoms with Gasteiger partial charge in [0.15, 0.2) is 0 Å². The van der Waals surface area contributed by atoms with E-state index >= 15 is 0 Å². The largest absolute Gasteiger partial charge is 0.252 e. The lowest BCUT2D eigenvalue weighted by Gasteiger charge is -2.04. The van der Waals surface area contributed by atoms with Crippen molar-refractivity contribution in [2.75, 3.05) is 0 Å². The van der Waals surface area contributed by atoms with Gasteiger partial charge in [0.05, 0.1) is 22.8 Å². The van der Waals surface area contributed by atoms with Gasteiger partial charge in [-0.15, -0.1) is 0 Å². The number of allylic oxidation sites excluding steroid dienone is 1. The van der Waals surface area contributed by atoms with E-state index in [-0.39, 0.29) is 0 Å². The van der Waals surface area contributed by atoms with E-state index < -0.39 is 0 Å². The average Bonchev–Trinajstić information content (AvgIpc) is 2.64. The van der Waals surface area contributed by atoms with Crippen molar-refractivity contribution >= 4 is 17.0 Å². The quantitative estimate of drug-likeness (QED) is 0.522. The molecule has 0 atom stereocenters. The second-order valence-electron chi connectivity index (χ2n) is 5.88. The number of aliphatic imine (C=N–C) groups is 1. The third-order valence-electron chi connectivity index (χ3n) is 3.55. The highest BCUT2D eigenvalue weighted by Gasteiger charge is 2.02. The summed E-state index contributed by atoms with van der Waals surface area (Å²) in [5, 5.41) is 0. The topological polar surface area (TPSA) is 25.2 Å². The zero-order valence-electron chi connectivity index (χ0n) is 15.1. The molecule has 0 amide bonds. The van der Waals surface area contributed by atoms with E-state index in [2.05, 4.69) is 35.6 Å². The van der Waals surface area contributed by atoms with Gasteiger partial charge < -0.3 is 0 Å². The van der Waals surface area contributed by atoms with Crippen molar-refractivity contribution in [2.24, 2.45) is 4.99 Å². The number of hydrogen-bond donors (Lipinski definition) is 0. The van der Waals surface area contributed by atoms with Gasteiger partial charge in [-0.25, -0.2) is 4.98 Å². The third kappa shape index (κ3) is 6.19. The number of benzene rings is 2. The number of para-hydroxylation sites is 1. The predicted molar refractivity (Wildman–Crippen MR) is 108 cm³/mol. The van der Waals surface area contributed by atoms with Crippen LogP contribution >= 0.6 is 0 Å². The minimum absolute atomic E-state index is 0.888. The van der Waals surface area contributed by atoms with E-state index in [9.17, 15) is 0 Å². The smallest absolute Gasteiger partial charge is 0.0849 e. The van der Waals surface area contributed by atoms with Crippen molar-refractivity contribution in [3.8, 4) is 0 Å². The molecule has 1 aromatic heterocycles. The molecular weight excluding hydrogens is 304 g/mol. The monoisotopic (exact) mass is 328 g/mol. The van der Waals surface area contributed by atoms with Crippen LogP contribution < -0.4 is 0 Å².